The van der Waals surface area contributed by atoms with Gasteiger partial charge in [0.1, 0.15) is 24.4 Å². The monoisotopic (exact) mass is 255 g/mol. The first-order valence-electron chi connectivity index (χ1n) is 4.75. The Bertz CT molecular complexity index is 238. The van der Waals surface area contributed by atoms with Crippen molar-refractivity contribution in [2.45, 2.75) is 30.7 Å². The second-order valence-electron chi connectivity index (χ2n) is 3.31. The Labute approximate surface area is 96.7 Å². The molecule has 0 amide bonds. The fraction of sp³-hybridized carbons (Fsp3) is 0.875. The van der Waals surface area contributed by atoms with Crippen LogP contribution in [-0.4, -0.2) is 80.5 Å². The van der Waals surface area contributed by atoms with Crippen LogP contribution in [0.4, 0.5) is 0 Å². The van der Waals surface area contributed by atoms with Gasteiger partial charge in [0.05, 0.1) is 13.2 Å². The van der Waals surface area contributed by atoms with Crippen LogP contribution in [-0.2, 0) is 9.53 Å². The van der Waals surface area contributed by atoms with E-state index >= 15 is 0 Å². The zero-order valence-electron chi connectivity index (χ0n) is 8.88. The van der Waals surface area contributed by atoms with Gasteiger partial charge in [0, 0.05) is 0 Å². The van der Waals surface area contributed by atoms with Crippen molar-refractivity contribution >= 4 is 5.97 Å². The first kappa shape index (κ1) is 16.2. The average molecular weight is 255 g/mol. The van der Waals surface area contributed by atoms with Crippen LogP contribution in [0.2, 0.25) is 0 Å². The molecule has 0 aliphatic carbocycles. The predicted molar refractivity (Wildman–Crippen MR) is 52.3 cm³/mol. The summed E-state index contributed by atoms with van der Waals surface area (Å²) in [7, 11) is 0. The fourth-order valence-corrected chi connectivity index (χ4v) is 0.959. The highest BCUT2D eigenvalue weighted by Crippen LogP contribution is 2.09. The molecular formula is C8H17NO8. The molecule has 8 N–H and O–H groups in total. The van der Waals surface area contributed by atoms with Crippen LogP contribution < -0.4 is 5.73 Å². The standard InChI is InChI=1S/C8H17NO8/c9-1-4(12)17-8(16)7(15)6(14)5(13)3(11)2-10/h3,5-8,10-11,13-16H,1-2,9H2/t3-,5-,6+,7+,8?/m1/s1. The smallest absolute Gasteiger partial charge is 0.322 e. The highest BCUT2D eigenvalue weighted by atomic mass is 16.6. The van der Waals surface area contributed by atoms with Crippen molar-refractivity contribution in [3.05, 3.63) is 0 Å². The SMILES string of the molecule is NCC(=O)OC(O)[C@@H](O)[C@@H](O)[C@H](O)[C@H](O)CO. The molecule has 0 fully saturated rings. The van der Waals surface area contributed by atoms with E-state index in [1.165, 1.54) is 0 Å². The molecule has 0 saturated heterocycles. The molecule has 9 nitrogen and oxygen atoms in total. The summed E-state index contributed by atoms with van der Waals surface area (Å²) in [6.07, 6.45) is -9.81. The Balaban J connectivity index is 4.37. The molecule has 0 aliphatic rings. The van der Waals surface area contributed by atoms with Crippen molar-refractivity contribution in [1.29, 1.82) is 0 Å². The first-order chi connectivity index (χ1) is 7.84. The molecule has 0 heterocycles. The summed E-state index contributed by atoms with van der Waals surface area (Å²) in [5.74, 6) is -1.03. The van der Waals surface area contributed by atoms with Crippen LogP contribution in [0.25, 0.3) is 0 Å². The number of nitrogens with two attached hydrogens (primary N) is 1. The first-order valence-corrected chi connectivity index (χ1v) is 4.75. The summed E-state index contributed by atoms with van der Waals surface area (Å²) < 4.78 is 4.17. The number of carbonyl (C=O) groups is 1. The minimum absolute atomic E-state index is 0.540. The lowest BCUT2D eigenvalue weighted by atomic mass is 10.0. The third kappa shape index (κ3) is 4.91. The second kappa shape index (κ2) is 7.50. The molecule has 0 aliphatic heterocycles. The zero-order valence-corrected chi connectivity index (χ0v) is 8.88. The van der Waals surface area contributed by atoms with Crippen LogP contribution in [0, 0.1) is 0 Å². The van der Waals surface area contributed by atoms with Gasteiger partial charge in [0.25, 0.3) is 0 Å². The molecule has 102 valence electrons. The minimum Gasteiger partial charge on any atom is -0.432 e. The Hall–Kier alpha value is -0.810. The number of hydrogen-bond donors (Lipinski definition) is 7. The number of aliphatic hydroxyl groups is 6. The van der Waals surface area contributed by atoms with Gasteiger partial charge >= 0.3 is 5.97 Å². The topological polar surface area (TPSA) is 174 Å². The quantitative estimate of drug-likeness (QED) is 0.174. The van der Waals surface area contributed by atoms with E-state index in [4.69, 9.17) is 21.1 Å². The summed E-state index contributed by atoms with van der Waals surface area (Å²) in [4.78, 5) is 10.7. The van der Waals surface area contributed by atoms with Crippen molar-refractivity contribution in [2.24, 2.45) is 5.73 Å². The summed E-state index contributed by atoms with van der Waals surface area (Å²) in [6, 6.07) is 0. The molecule has 0 bridgehead atoms. The van der Waals surface area contributed by atoms with Crippen LogP contribution in [0.15, 0.2) is 0 Å². The van der Waals surface area contributed by atoms with E-state index in [1.807, 2.05) is 0 Å². The van der Waals surface area contributed by atoms with Crippen molar-refractivity contribution in [3.63, 3.8) is 0 Å². The van der Waals surface area contributed by atoms with E-state index in [9.17, 15) is 20.1 Å². The zero-order chi connectivity index (χ0) is 13.6. The molecule has 1 unspecified atom stereocenters. The van der Waals surface area contributed by atoms with E-state index in [1.54, 1.807) is 0 Å². The highest BCUT2D eigenvalue weighted by molar-refractivity contribution is 5.71. The maximum absolute atomic E-state index is 10.7. The van der Waals surface area contributed by atoms with Gasteiger partial charge in [-0.1, -0.05) is 0 Å². The molecule has 0 spiro atoms. The van der Waals surface area contributed by atoms with Crippen LogP contribution in [0.3, 0.4) is 0 Å². The molecule has 0 aromatic heterocycles. The summed E-state index contributed by atoms with van der Waals surface area (Å²) in [6.45, 7) is -1.40. The molecular weight excluding hydrogens is 238 g/mol. The predicted octanol–water partition coefficient (Wildman–Crippen LogP) is -4.76. The van der Waals surface area contributed by atoms with E-state index in [0.29, 0.717) is 0 Å². The molecule has 0 aromatic rings. The van der Waals surface area contributed by atoms with Gasteiger partial charge in [0.2, 0.25) is 6.29 Å². The Morgan fingerprint density at radius 2 is 1.59 bits per heavy atom. The average Bonchev–Trinajstić information content (AvgIpc) is 2.34. The molecule has 0 radical (unpaired) electrons. The molecule has 17 heavy (non-hydrogen) atoms. The maximum Gasteiger partial charge on any atom is 0.322 e. The number of ether oxygens (including phenoxy) is 1. The van der Waals surface area contributed by atoms with Gasteiger partial charge in [-0.15, -0.1) is 0 Å². The van der Waals surface area contributed by atoms with Crippen LogP contribution in [0.1, 0.15) is 0 Å². The number of esters is 1. The van der Waals surface area contributed by atoms with Gasteiger partial charge in [-0.3, -0.25) is 4.79 Å². The van der Waals surface area contributed by atoms with Crippen LogP contribution in [0.5, 0.6) is 0 Å². The van der Waals surface area contributed by atoms with E-state index in [2.05, 4.69) is 4.74 Å². The molecule has 0 rings (SSSR count). The van der Waals surface area contributed by atoms with Crippen molar-refractivity contribution in [2.75, 3.05) is 13.2 Å². The number of rotatable bonds is 7. The lowest BCUT2D eigenvalue weighted by molar-refractivity contribution is -0.212. The molecule has 0 aromatic carbocycles. The number of hydrogen-bond acceptors (Lipinski definition) is 9. The molecule has 9 heteroatoms. The van der Waals surface area contributed by atoms with Crippen molar-refractivity contribution in [3.8, 4) is 0 Å². The summed E-state index contributed by atoms with van der Waals surface area (Å²) in [5, 5.41) is 54.4. The van der Waals surface area contributed by atoms with Gasteiger partial charge in [0.15, 0.2) is 0 Å². The maximum atomic E-state index is 10.7. The van der Waals surface area contributed by atoms with Gasteiger partial charge < -0.3 is 41.1 Å². The summed E-state index contributed by atoms with van der Waals surface area (Å²) in [5.41, 5.74) is 4.87. The Morgan fingerprint density at radius 1 is 1.06 bits per heavy atom. The lowest BCUT2D eigenvalue weighted by Crippen LogP contribution is -2.51. The van der Waals surface area contributed by atoms with E-state index < -0.39 is 49.8 Å². The number of aliphatic hydroxyl groups excluding tert-OH is 6. The van der Waals surface area contributed by atoms with Crippen molar-refractivity contribution < 1.29 is 40.2 Å². The van der Waals surface area contributed by atoms with Crippen LogP contribution >= 0.6 is 0 Å². The Morgan fingerprint density at radius 3 is 2.00 bits per heavy atom. The second-order valence-corrected chi connectivity index (χ2v) is 3.31. The minimum atomic E-state index is -2.11. The van der Waals surface area contributed by atoms with E-state index in [-0.39, 0.29) is 0 Å². The summed E-state index contributed by atoms with van der Waals surface area (Å²) >= 11 is 0. The fourth-order valence-electron chi connectivity index (χ4n) is 0.959. The lowest BCUT2D eigenvalue weighted by Gasteiger charge is -2.27. The normalized spacial score (nSPS) is 20.2. The highest BCUT2D eigenvalue weighted by Gasteiger charge is 2.35. The van der Waals surface area contributed by atoms with E-state index in [0.717, 1.165) is 0 Å². The van der Waals surface area contributed by atoms with Gasteiger partial charge in [-0.05, 0) is 0 Å². The number of carbonyl (C=O) groups excluding carboxylic acids is 1. The van der Waals surface area contributed by atoms with Gasteiger partial charge in [-0.25, -0.2) is 0 Å². The third-order valence-corrected chi connectivity index (χ3v) is 1.99. The molecule has 5 atom stereocenters. The largest absolute Gasteiger partial charge is 0.432 e. The Kier molecular flexibility index (Phi) is 7.15. The molecule has 0 saturated carbocycles. The van der Waals surface area contributed by atoms with Crippen molar-refractivity contribution in [1.82, 2.24) is 0 Å². The third-order valence-electron chi connectivity index (χ3n) is 1.99. The van der Waals surface area contributed by atoms with Gasteiger partial charge in [-0.2, -0.15) is 0 Å².